The highest BCUT2D eigenvalue weighted by Crippen LogP contribution is 2.38. The van der Waals surface area contributed by atoms with Gasteiger partial charge < -0.3 is 10.0 Å². The second-order valence-electron chi connectivity index (χ2n) is 6.38. The average Bonchev–Trinajstić information content (AvgIpc) is 2.59. The van der Waals surface area contributed by atoms with Gasteiger partial charge in [0, 0.05) is 18.8 Å². The van der Waals surface area contributed by atoms with Crippen molar-refractivity contribution in [2.24, 2.45) is 0 Å². The third-order valence-electron chi connectivity index (χ3n) is 4.58. The molecule has 0 amide bonds. The first kappa shape index (κ1) is 18.8. The minimum atomic E-state index is -1.09. The predicted octanol–water partition coefficient (Wildman–Crippen LogP) is 6.00. The number of hydrogen-bond donors (Lipinski definition) is 1. The number of nitrogens with zero attached hydrogens (tertiary/aromatic N) is 1. The van der Waals surface area contributed by atoms with Crippen LogP contribution in [0.15, 0.2) is 42.5 Å². The second-order valence-corrected chi connectivity index (χ2v) is 6.38. The fourth-order valence-electron chi connectivity index (χ4n) is 3.03. The first-order valence-electron chi connectivity index (χ1n) is 8.17. The number of phenols is 1. The number of aromatic hydroxyl groups is 1. The monoisotopic (exact) mass is 375 g/mol. The second kappa shape index (κ2) is 6.95. The van der Waals surface area contributed by atoms with E-state index in [0.717, 1.165) is 29.3 Å². The third-order valence-corrected chi connectivity index (χ3v) is 4.58. The summed E-state index contributed by atoms with van der Waals surface area (Å²) in [7, 11) is 1.46. The van der Waals surface area contributed by atoms with Gasteiger partial charge in [0.2, 0.25) is 0 Å². The summed E-state index contributed by atoms with van der Waals surface area (Å²) in [5, 5.41) is 9.59. The average molecular weight is 375 g/mol. The van der Waals surface area contributed by atoms with E-state index in [-0.39, 0.29) is 0 Å². The van der Waals surface area contributed by atoms with Crippen molar-refractivity contribution in [3.8, 4) is 16.9 Å². The number of hydrogen-bond acceptors (Lipinski definition) is 2. The van der Waals surface area contributed by atoms with Crippen molar-refractivity contribution in [1.29, 1.82) is 0 Å². The fourth-order valence-corrected chi connectivity index (χ4v) is 3.03. The molecule has 0 aliphatic rings. The van der Waals surface area contributed by atoms with Gasteiger partial charge in [-0.3, -0.25) is 0 Å². The van der Waals surface area contributed by atoms with E-state index in [9.17, 15) is 22.7 Å². The van der Waals surface area contributed by atoms with Crippen LogP contribution in [0.2, 0.25) is 0 Å². The molecule has 0 bridgehead atoms. The van der Waals surface area contributed by atoms with Crippen LogP contribution in [0.25, 0.3) is 11.1 Å². The Morgan fingerprint density at radius 1 is 0.815 bits per heavy atom. The molecular formula is C21H17F4NO. The Morgan fingerprint density at radius 2 is 1.41 bits per heavy atom. The predicted molar refractivity (Wildman–Crippen MR) is 97.4 cm³/mol. The van der Waals surface area contributed by atoms with Crippen LogP contribution in [-0.4, -0.2) is 12.2 Å². The van der Waals surface area contributed by atoms with Crippen LogP contribution in [0.4, 0.5) is 28.9 Å². The molecule has 0 spiro atoms. The summed E-state index contributed by atoms with van der Waals surface area (Å²) in [6.45, 7) is 3.57. The van der Waals surface area contributed by atoms with E-state index in [4.69, 9.17) is 0 Å². The third kappa shape index (κ3) is 3.47. The maximum Gasteiger partial charge on any atom is 0.191 e. The van der Waals surface area contributed by atoms with Crippen LogP contribution in [0.1, 0.15) is 11.1 Å². The molecule has 3 rings (SSSR count). The zero-order valence-corrected chi connectivity index (χ0v) is 14.9. The largest absolute Gasteiger partial charge is 0.505 e. The number of benzene rings is 3. The molecule has 140 valence electrons. The van der Waals surface area contributed by atoms with Gasteiger partial charge in [-0.1, -0.05) is 6.07 Å². The van der Waals surface area contributed by atoms with Crippen molar-refractivity contribution >= 4 is 11.4 Å². The first-order valence-corrected chi connectivity index (χ1v) is 8.17. The lowest BCUT2D eigenvalue weighted by Gasteiger charge is -2.25. The topological polar surface area (TPSA) is 23.5 Å². The van der Waals surface area contributed by atoms with Crippen molar-refractivity contribution in [3.05, 3.63) is 76.9 Å². The Balaban J connectivity index is 2.19. The summed E-state index contributed by atoms with van der Waals surface area (Å²) < 4.78 is 55.7. The smallest absolute Gasteiger partial charge is 0.191 e. The molecule has 0 atom stereocenters. The van der Waals surface area contributed by atoms with E-state index >= 15 is 0 Å². The van der Waals surface area contributed by atoms with E-state index < -0.39 is 34.7 Å². The summed E-state index contributed by atoms with van der Waals surface area (Å²) in [5.74, 6) is -4.04. The van der Waals surface area contributed by atoms with Crippen molar-refractivity contribution in [2.45, 2.75) is 13.8 Å². The molecule has 0 aliphatic heterocycles. The van der Waals surface area contributed by atoms with Gasteiger partial charge in [-0.25, -0.2) is 17.6 Å². The van der Waals surface area contributed by atoms with Crippen molar-refractivity contribution in [1.82, 2.24) is 0 Å². The van der Waals surface area contributed by atoms with Gasteiger partial charge in [-0.2, -0.15) is 0 Å². The van der Waals surface area contributed by atoms with Crippen LogP contribution in [-0.2, 0) is 0 Å². The van der Waals surface area contributed by atoms with Crippen LogP contribution in [0.3, 0.4) is 0 Å². The van der Waals surface area contributed by atoms with Gasteiger partial charge in [0.05, 0.1) is 0 Å². The molecule has 27 heavy (non-hydrogen) atoms. The van der Waals surface area contributed by atoms with E-state index in [0.29, 0.717) is 16.8 Å². The van der Waals surface area contributed by atoms with Crippen molar-refractivity contribution in [3.63, 3.8) is 0 Å². The van der Waals surface area contributed by atoms with Gasteiger partial charge in [-0.15, -0.1) is 0 Å². The number of phenolic OH excluding ortho intramolecular Hbond substituents is 1. The molecule has 2 nitrogen and oxygen atoms in total. The van der Waals surface area contributed by atoms with Crippen molar-refractivity contribution < 1.29 is 22.7 Å². The maximum atomic E-state index is 14.3. The molecule has 3 aromatic rings. The Bertz CT molecular complexity index is 1010. The highest BCUT2D eigenvalue weighted by atomic mass is 19.1. The van der Waals surface area contributed by atoms with Crippen LogP contribution in [0, 0.1) is 37.1 Å². The fraction of sp³-hybridized carbons (Fsp3) is 0.143. The van der Waals surface area contributed by atoms with E-state index in [2.05, 4.69) is 0 Å². The van der Waals surface area contributed by atoms with E-state index in [1.807, 2.05) is 0 Å². The lowest BCUT2D eigenvalue weighted by molar-refractivity contribution is 0.429. The summed E-state index contributed by atoms with van der Waals surface area (Å²) in [5.41, 5.74) is 2.35. The normalized spacial score (nSPS) is 10.9. The molecule has 1 N–H and O–H groups in total. The molecule has 0 radical (unpaired) electrons. The van der Waals surface area contributed by atoms with Gasteiger partial charge in [0.15, 0.2) is 11.6 Å². The number of aryl methyl sites for hydroxylation is 1. The number of anilines is 2. The standard InChI is InChI=1S/C21H17F4NO/c1-11-6-13(14-7-15(22)10-16(23)8-14)9-18(12(11)2)26(3)21-17(24)4-5-19(27)20(21)25/h4-10,27H,1-3H3. The molecule has 0 unspecified atom stereocenters. The first-order chi connectivity index (χ1) is 12.7. The molecular weight excluding hydrogens is 358 g/mol. The van der Waals surface area contributed by atoms with Crippen LogP contribution >= 0.6 is 0 Å². The number of rotatable bonds is 3. The molecule has 3 aromatic carbocycles. The zero-order valence-electron chi connectivity index (χ0n) is 14.9. The van der Waals surface area contributed by atoms with Crippen molar-refractivity contribution in [2.75, 3.05) is 11.9 Å². The number of halogens is 4. The Labute approximate surface area is 154 Å². The highest BCUT2D eigenvalue weighted by molar-refractivity contribution is 5.76. The van der Waals surface area contributed by atoms with Gasteiger partial charge in [0.1, 0.15) is 23.1 Å². The lowest BCUT2D eigenvalue weighted by Crippen LogP contribution is -2.15. The zero-order chi connectivity index (χ0) is 19.9. The minimum absolute atomic E-state index is 0.308. The SMILES string of the molecule is Cc1cc(-c2cc(F)cc(F)c2)cc(N(C)c2c(F)ccc(O)c2F)c1C. The van der Waals surface area contributed by atoms with Gasteiger partial charge in [0.25, 0.3) is 0 Å². The Morgan fingerprint density at radius 3 is 2.04 bits per heavy atom. The van der Waals surface area contributed by atoms with E-state index in [1.165, 1.54) is 24.1 Å². The molecule has 0 aromatic heterocycles. The maximum absolute atomic E-state index is 14.3. The van der Waals surface area contributed by atoms with Crippen LogP contribution < -0.4 is 4.90 Å². The minimum Gasteiger partial charge on any atom is -0.505 e. The summed E-state index contributed by atoms with van der Waals surface area (Å²) in [6, 6.07) is 8.40. The molecule has 0 heterocycles. The summed E-state index contributed by atoms with van der Waals surface area (Å²) in [4.78, 5) is 1.27. The van der Waals surface area contributed by atoms with E-state index in [1.54, 1.807) is 26.0 Å². The lowest BCUT2D eigenvalue weighted by atomic mass is 9.97. The van der Waals surface area contributed by atoms with Crippen LogP contribution in [0.5, 0.6) is 5.75 Å². The molecule has 0 saturated heterocycles. The molecule has 0 fully saturated rings. The molecule has 0 aliphatic carbocycles. The summed E-state index contributed by atoms with van der Waals surface area (Å²) in [6.07, 6.45) is 0. The highest BCUT2D eigenvalue weighted by Gasteiger charge is 2.21. The molecule has 0 saturated carbocycles. The van der Waals surface area contributed by atoms with Gasteiger partial charge in [-0.05, 0) is 66.4 Å². The molecule has 6 heteroatoms. The summed E-state index contributed by atoms with van der Waals surface area (Å²) >= 11 is 0. The Kier molecular flexibility index (Phi) is 4.83. The Hall–Kier alpha value is -3.02. The van der Waals surface area contributed by atoms with Gasteiger partial charge >= 0.3 is 0 Å². The quantitative estimate of drug-likeness (QED) is 0.568.